The van der Waals surface area contributed by atoms with Gasteiger partial charge < -0.3 is 30.3 Å². The number of halogens is 3. The van der Waals surface area contributed by atoms with Crippen LogP contribution >= 0.6 is 34.8 Å². The van der Waals surface area contributed by atoms with E-state index >= 15 is 0 Å². The molecule has 0 amide bonds. The van der Waals surface area contributed by atoms with Gasteiger partial charge in [0.1, 0.15) is 23.3 Å². The minimum atomic E-state index is -0.600. The molecule has 4 aromatic heterocycles. The number of aryl methyl sites for hydroxylation is 2. The van der Waals surface area contributed by atoms with Crippen LogP contribution in [0.5, 0.6) is 0 Å². The van der Waals surface area contributed by atoms with Crippen molar-refractivity contribution in [2.45, 2.75) is 27.7 Å². The molecule has 0 saturated heterocycles. The van der Waals surface area contributed by atoms with Gasteiger partial charge in [0.05, 0.1) is 23.9 Å². The van der Waals surface area contributed by atoms with Crippen molar-refractivity contribution in [3.05, 3.63) is 74.2 Å². The number of esters is 2. The molecular formula is C30H37Cl3N10O4. The molecule has 0 aliphatic rings. The van der Waals surface area contributed by atoms with E-state index in [0.717, 1.165) is 22.8 Å². The summed E-state index contributed by atoms with van der Waals surface area (Å²) in [5, 5.41) is 18.0. The normalized spacial score (nSPS) is 10.0. The zero-order valence-electron chi connectivity index (χ0n) is 27.3. The molecule has 0 atom stereocenters. The summed E-state index contributed by atoms with van der Waals surface area (Å²) in [5.41, 5.74) is 8.14. The van der Waals surface area contributed by atoms with Gasteiger partial charge in [-0.25, -0.2) is 19.6 Å². The quantitative estimate of drug-likeness (QED) is 0.210. The fourth-order valence-corrected chi connectivity index (χ4v) is 4.23. The third kappa shape index (κ3) is 12.0. The van der Waals surface area contributed by atoms with Crippen LogP contribution in [0.15, 0.2) is 36.4 Å². The van der Waals surface area contributed by atoms with Crippen molar-refractivity contribution in [1.82, 2.24) is 30.4 Å². The maximum absolute atomic E-state index is 12.0. The molecule has 3 N–H and O–H groups in total. The standard InChI is InChI=1S/C15H18ClN5O2.C8H13N3.C7H6Cl2N2O2/c1-5-23-15(22)13-10(8-11(16)19-20-13)17-12-7-6-9(2)14(18-12)21(3)4;1-6-4-5-7(9)10-8(6)11(2)3;1-2-13-7(12)6-4(8)3-5(9)10-11-6/h6-8H,5H2,1-4H3,(H,17,18,19);4-5H,1-3H3,(H2,9,10);3H,2H2,1H3. The van der Waals surface area contributed by atoms with E-state index in [1.54, 1.807) is 13.8 Å². The topological polar surface area (TPSA) is 174 Å². The summed E-state index contributed by atoms with van der Waals surface area (Å²) in [6.07, 6.45) is 0. The fourth-order valence-electron chi connectivity index (χ4n) is 3.66. The van der Waals surface area contributed by atoms with Gasteiger partial charge in [-0.05, 0) is 57.0 Å². The zero-order chi connectivity index (χ0) is 35.3. The number of nitrogens with two attached hydrogens (primary N) is 1. The smallest absolute Gasteiger partial charge is 0.361 e. The Morgan fingerprint density at radius 2 is 1.23 bits per heavy atom. The number of nitrogens with one attached hydrogen (secondary N) is 1. The summed E-state index contributed by atoms with van der Waals surface area (Å²) < 4.78 is 9.65. The highest BCUT2D eigenvalue weighted by Gasteiger charge is 2.17. The lowest BCUT2D eigenvalue weighted by atomic mass is 10.2. The second-order valence-corrected chi connectivity index (χ2v) is 11.0. The van der Waals surface area contributed by atoms with E-state index in [2.05, 4.69) is 40.4 Å². The predicted octanol–water partition coefficient (Wildman–Crippen LogP) is 5.82. The van der Waals surface area contributed by atoms with Crippen LogP contribution in [0.4, 0.5) is 29.0 Å². The Morgan fingerprint density at radius 1 is 0.745 bits per heavy atom. The van der Waals surface area contributed by atoms with Gasteiger partial charge in [0, 0.05) is 34.3 Å². The van der Waals surface area contributed by atoms with Crippen LogP contribution in [0.1, 0.15) is 46.0 Å². The zero-order valence-corrected chi connectivity index (χ0v) is 29.6. The SMILES string of the molecule is CCOC(=O)c1nnc(Cl)cc1Cl.CCOC(=O)c1nnc(Cl)cc1Nc1ccc(C)c(N(C)C)n1.Cc1ccc(N)nc1N(C)C. The minimum absolute atomic E-state index is 0.0204. The first kappa shape index (κ1) is 38.7. The molecule has 0 saturated carbocycles. The van der Waals surface area contributed by atoms with Crippen LogP contribution in [-0.2, 0) is 9.47 Å². The largest absolute Gasteiger partial charge is 0.461 e. The summed E-state index contributed by atoms with van der Waals surface area (Å²) in [7, 11) is 7.73. The molecule has 252 valence electrons. The molecule has 0 aromatic carbocycles. The predicted molar refractivity (Wildman–Crippen MR) is 185 cm³/mol. The molecule has 0 radical (unpaired) electrons. The van der Waals surface area contributed by atoms with Gasteiger partial charge in [-0.1, -0.05) is 46.9 Å². The van der Waals surface area contributed by atoms with Crippen LogP contribution in [0.3, 0.4) is 0 Å². The Bertz CT molecular complexity index is 1680. The highest BCUT2D eigenvalue weighted by atomic mass is 35.5. The number of nitrogen functional groups attached to an aromatic ring is 1. The van der Waals surface area contributed by atoms with E-state index in [4.69, 9.17) is 45.3 Å². The first-order valence-corrected chi connectivity index (χ1v) is 15.2. The Balaban J connectivity index is 0.000000270. The highest BCUT2D eigenvalue weighted by Crippen LogP contribution is 2.24. The second-order valence-electron chi connectivity index (χ2n) is 9.86. The van der Waals surface area contributed by atoms with E-state index in [9.17, 15) is 9.59 Å². The van der Waals surface area contributed by atoms with E-state index in [1.165, 1.54) is 12.1 Å². The average Bonchev–Trinajstić information content (AvgIpc) is 3.00. The Labute approximate surface area is 288 Å². The molecule has 14 nitrogen and oxygen atoms in total. The molecule has 17 heteroatoms. The molecule has 0 unspecified atom stereocenters. The second kappa shape index (κ2) is 18.6. The number of hydrogen-bond donors (Lipinski definition) is 2. The number of carbonyl (C=O) groups is 2. The third-order valence-electron chi connectivity index (χ3n) is 5.69. The maximum Gasteiger partial charge on any atom is 0.361 e. The van der Waals surface area contributed by atoms with Crippen molar-refractivity contribution in [2.24, 2.45) is 0 Å². The summed E-state index contributed by atoms with van der Waals surface area (Å²) >= 11 is 17.0. The number of pyridine rings is 2. The number of aromatic nitrogens is 6. The van der Waals surface area contributed by atoms with E-state index < -0.39 is 11.9 Å². The summed E-state index contributed by atoms with van der Waals surface area (Å²) in [6, 6.07) is 10.4. The number of nitrogens with zero attached hydrogens (tertiary/aromatic N) is 8. The molecule has 4 heterocycles. The summed E-state index contributed by atoms with van der Waals surface area (Å²) in [6.45, 7) is 7.91. The lowest BCUT2D eigenvalue weighted by molar-refractivity contribution is 0.0509. The van der Waals surface area contributed by atoms with Gasteiger partial charge in [0.25, 0.3) is 0 Å². The molecule has 47 heavy (non-hydrogen) atoms. The number of carbonyl (C=O) groups excluding carboxylic acids is 2. The van der Waals surface area contributed by atoms with Crippen molar-refractivity contribution >= 4 is 75.7 Å². The Kier molecular flexibility index (Phi) is 15.3. The maximum atomic E-state index is 12.0. The molecule has 0 aliphatic carbocycles. The van der Waals surface area contributed by atoms with E-state index in [1.807, 2.05) is 76.1 Å². The van der Waals surface area contributed by atoms with E-state index in [-0.39, 0.29) is 39.9 Å². The molecule has 0 spiro atoms. The van der Waals surface area contributed by atoms with Gasteiger partial charge in [-0.2, -0.15) is 0 Å². The molecular weight excluding hydrogens is 671 g/mol. The van der Waals surface area contributed by atoms with E-state index in [0.29, 0.717) is 17.3 Å². The summed E-state index contributed by atoms with van der Waals surface area (Å²) in [5.74, 6) is 1.72. The molecule has 0 fully saturated rings. The lowest BCUT2D eigenvalue weighted by Gasteiger charge is -2.16. The van der Waals surface area contributed by atoms with Gasteiger partial charge in [0.15, 0.2) is 21.7 Å². The van der Waals surface area contributed by atoms with Crippen molar-refractivity contribution in [1.29, 1.82) is 0 Å². The van der Waals surface area contributed by atoms with Crippen LogP contribution < -0.4 is 20.9 Å². The van der Waals surface area contributed by atoms with Crippen LogP contribution in [0.25, 0.3) is 0 Å². The average molecular weight is 708 g/mol. The monoisotopic (exact) mass is 706 g/mol. The minimum Gasteiger partial charge on any atom is -0.461 e. The van der Waals surface area contributed by atoms with Crippen LogP contribution in [-0.4, -0.2) is 83.7 Å². The van der Waals surface area contributed by atoms with Crippen molar-refractivity contribution in [2.75, 3.05) is 62.3 Å². The van der Waals surface area contributed by atoms with Crippen LogP contribution in [0.2, 0.25) is 15.3 Å². The van der Waals surface area contributed by atoms with Crippen molar-refractivity contribution < 1.29 is 19.1 Å². The van der Waals surface area contributed by atoms with Gasteiger partial charge >= 0.3 is 11.9 Å². The molecule has 4 rings (SSSR count). The first-order valence-electron chi connectivity index (χ1n) is 14.1. The lowest BCUT2D eigenvalue weighted by Crippen LogP contribution is -2.14. The van der Waals surface area contributed by atoms with Crippen molar-refractivity contribution in [3.8, 4) is 0 Å². The fraction of sp³-hybridized carbons (Fsp3) is 0.333. The van der Waals surface area contributed by atoms with Gasteiger partial charge in [-0.3, -0.25) is 0 Å². The van der Waals surface area contributed by atoms with Gasteiger partial charge in [0.2, 0.25) is 0 Å². The molecule has 4 aromatic rings. The summed E-state index contributed by atoms with van der Waals surface area (Å²) in [4.78, 5) is 35.6. The third-order valence-corrected chi connectivity index (χ3v) is 6.35. The van der Waals surface area contributed by atoms with Crippen LogP contribution in [0, 0.1) is 13.8 Å². The number of ether oxygens (including phenoxy) is 2. The Hall–Kier alpha value is -4.53. The number of rotatable bonds is 8. The number of hydrogen-bond acceptors (Lipinski definition) is 14. The van der Waals surface area contributed by atoms with Crippen molar-refractivity contribution in [3.63, 3.8) is 0 Å². The molecule has 0 aliphatic heterocycles. The molecule has 0 bridgehead atoms. The first-order chi connectivity index (χ1) is 22.2. The highest BCUT2D eigenvalue weighted by molar-refractivity contribution is 6.35. The Morgan fingerprint density at radius 3 is 1.74 bits per heavy atom. The number of anilines is 5. The van der Waals surface area contributed by atoms with Gasteiger partial charge in [-0.15, -0.1) is 20.4 Å².